The van der Waals surface area contributed by atoms with Gasteiger partial charge in [-0.1, -0.05) is 0 Å². The molecule has 14 heavy (non-hydrogen) atoms. The van der Waals surface area contributed by atoms with Crippen molar-refractivity contribution in [3.8, 4) is 0 Å². The highest BCUT2D eigenvalue weighted by Crippen LogP contribution is 2.24. The lowest BCUT2D eigenvalue weighted by Gasteiger charge is -2.02. The Morgan fingerprint density at radius 3 is 2.71 bits per heavy atom. The number of fused-ring (bicyclic) bond motifs is 1. The molecule has 2 rings (SSSR count). The first kappa shape index (κ1) is 9.29. The van der Waals surface area contributed by atoms with Crippen LogP contribution in [0.5, 0.6) is 0 Å². The molecule has 0 saturated carbocycles. The Balaban J connectivity index is 2.85. The fourth-order valence-corrected chi connectivity index (χ4v) is 1.81. The number of nitrogens with one attached hydrogen (secondary N) is 1. The van der Waals surface area contributed by atoms with Crippen molar-refractivity contribution >= 4 is 22.0 Å². The van der Waals surface area contributed by atoms with Gasteiger partial charge in [0.15, 0.2) is 0 Å². The summed E-state index contributed by atoms with van der Waals surface area (Å²) in [7, 11) is 0. The van der Waals surface area contributed by atoms with Crippen molar-refractivity contribution in [1.82, 2.24) is 4.98 Å². The van der Waals surface area contributed by atoms with E-state index in [1.807, 2.05) is 0 Å². The molecule has 0 aliphatic carbocycles. The monoisotopic (exact) mass is 216 g/mol. The molecule has 0 radical (unpaired) electrons. The Labute approximate surface area is 80.0 Å². The molecule has 1 N–H and O–H groups in total. The Morgan fingerprint density at radius 2 is 2.07 bits per heavy atom. The van der Waals surface area contributed by atoms with Gasteiger partial charge in [-0.2, -0.15) is 0 Å². The van der Waals surface area contributed by atoms with Crippen molar-refractivity contribution in [2.75, 3.05) is 0 Å². The third kappa shape index (κ3) is 1.32. The normalized spacial score (nSPS) is 13.4. The highest BCUT2D eigenvalue weighted by molar-refractivity contribution is 7.79. The molecule has 0 spiro atoms. The van der Waals surface area contributed by atoms with E-state index in [0.29, 0.717) is 6.07 Å². The molecular weight excluding hydrogens is 212 g/mol. The maximum absolute atomic E-state index is 13.2. The molecule has 1 heterocycles. The summed E-state index contributed by atoms with van der Waals surface area (Å²) >= 11 is -2.53. The summed E-state index contributed by atoms with van der Waals surface area (Å²) in [5.74, 6) is -1.64. The third-order valence-corrected chi connectivity index (χ3v) is 2.52. The number of rotatable bonds is 1. The summed E-state index contributed by atoms with van der Waals surface area (Å²) in [6, 6.07) is 1.68. The molecule has 0 amide bonds. The smallest absolute Gasteiger partial charge is 0.136 e. The fourth-order valence-electron chi connectivity index (χ4n) is 1.28. The van der Waals surface area contributed by atoms with E-state index in [1.54, 1.807) is 0 Å². The summed E-state index contributed by atoms with van der Waals surface area (Å²) in [5.41, 5.74) is 0.127. The van der Waals surface area contributed by atoms with Crippen LogP contribution in [-0.2, 0) is 11.1 Å². The van der Waals surface area contributed by atoms with Crippen LogP contribution in [0.1, 0.15) is 0 Å². The van der Waals surface area contributed by atoms with Gasteiger partial charge in [-0.05, 0) is 17.1 Å². The van der Waals surface area contributed by atoms with Crippen LogP contribution >= 0.6 is 0 Å². The molecule has 3 nitrogen and oxygen atoms in total. The van der Waals surface area contributed by atoms with E-state index in [0.717, 1.165) is 12.3 Å². The van der Waals surface area contributed by atoms with E-state index in [1.165, 1.54) is 0 Å². The molecule has 74 valence electrons. The quantitative estimate of drug-likeness (QED) is 0.737. The highest BCUT2D eigenvalue weighted by Gasteiger charge is 2.10. The number of hydrogen-bond acceptors (Lipinski definition) is 2. The van der Waals surface area contributed by atoms with Crippen LogP contribution in [0, 0.1) is 11.6 Å². The van der Waals surface area contributed by atoms with Crippen molar-refractivity contribution in [3.63, 3.8) is 0 Å². The lowest BCUT2D eigenvalue weighted by molar-refractivity contribution is 0.537. The van der Waals surface area contributed by atoms with Gasteiger partial charge >= 0.3 is 0 Å². The van der Waals surface area contributed by atoms with Gasteiger partial charge in [0.1, 0.15) is 11.6 Å². The lowest BCUT2D eigenvalue weighted by atomic mass is 10.2. The standard InChI is InChI=1S/C8H5F2NO2S/c9-4-1-5(10)8-6(2-4)11-3-7(8)14(12)13/h1-3,11H,(H,12,13)/p-1. The molecule has 1 atom stereocenters. The van der Waals surface area contributed by atoms with Crippen LogP contribution < -0.4 is 0 Å². The highest BCUT2D eigenvalue weighted by atomic mass is 32.2. The second-order valence-corrected chi connectivity index (χ2v) is 3.61. The summed E-state index contributed by atoms with van der Waals surface area (Å²) in [5, 5.41) is -0.111. The van der Waals surface area contributed by atoms with Gasteiger partial charge in [0.05, 0.1) is 15.8 Å². The van der Waals surface area contributed by atoms with Gasteiger partial charge in [0, 0.05) is 12.3 Å². The minimum absolute atomic E-state index is 0.111. The largest absolute Gasteiger partial charge is 0.768 e. The van der Waals surface area contributed by atoms with E-state index < -0.39 is 22.7 Å². The molecule has 0 aliphatic heterocycles. The summed E-state index contributed by atoms with van der Waals surface area (Å²) in [6.45, 7) is 0. The summed E-state index contributed by atoms with van der Waals surface area (Å²) in [4.78, 5) is 2.28. The van der Waals surface area contributed by atoms with Crippen LogP contribution in [0.2, 0.25) is 0 Å². The predicted octanol–water partition coefficient (Wildman–Crippen LogP) is 1.68. The van der Waals surface area contributed by atoms with Gasteiger partial charge in [0.25, 0.3) is 0 Å². The molecule has 0 bridgehead atoms. The molecule has 6 heteroatoms. The third-order valence-electron chi connectivity index (χ3n) is 1.84. The van der Waals surface area contributed by atoms with Crippen molar-refractivity contribution in [2.45, 2.75) is 4.90 Å². The minimum atomic E-state index is -2.53. The average molecular weight is 216 g/mol. The van der Waals surface area contributed by atoms with E-state index >= 15 is 0 Å². The summed E-state index contributed by atoms with van der Waals surface area (Å²) in [6.07, 6.45) is 1.12. The second kappa shape index (κ2) is 3.14. The van der Waals surface area contributed by atoms with Crippen LogP contribution in [0.25, 0.3) is 10.9 Å². The zero-order valence-corrected chi connectivity index (χ0v) is 7.53. The first-order valence-electron chi connectivity index (χ1n) is 3.65. The van der Waals surface area contributed by atoms with Crippen molar-refractivity contribution in [2.24, 2.45) is 0 Å². The molecule has 0 saturated heterocycles. The number of aromatic nitrogens is 1. The van der Waals surface area contributed by atoms with E-state index in [2.05, 4.69) is 4.98 Å². The number of benzene rings is 1. The molecular formula is C8H4F2NO2S-. The Morgan fingerprint density at radius 1 is 1.36 bits per heavy atom. The lowest BCUT2D eigenvalue weighted by Crippen LogP contribution is -1.89. The first-order valence-corrected chi connectivity index (χ1v) is 4.72. The van der Waals surface area contributed by atoms with Crippen LogP contribution in [0.15, 0.2) is 23.2 Å². The number of aromatic amines is 1. The second-order valence-electron chi connectivity index (χ2n) is 2.70. The maximum Gasteiger partial charge on any atom is 0.136 e. The number of halogens is 2. The van der Waals surface area contributed by atoms with Crippen molar-refractivity contribution in [1.29, 1.82) is 0 Å². The molecule has 1 aromatic carbocycles. The van der Waals surface area contributed by atoms with E-state index in [-0.39, 0.29) is 15.8 Å². The van der Waals surface area contributed by atoms with Crippen molar-refractivity contribution in [3.05, 3.63) is 30.0 Å². The molecule has 0 fully saturated rings. The summed E-state index contributed by atoms with van der Waals surface area (Å²) < 4.78 is 47.1. The van der Waals surface area contributed by atoms with Crippen LogP contribution in [-0.4, -0.2) is 13.7 Å². The van der Waals surface area contributed by atoms with Crippen LogP contribution in [0.3, 0.4) is 0 Å². The average Bonchev–Trinajstić information content (AvgIpc) is 2.47. The molecule has 0 aliphatic rings. The number of H-pyrrole nitrogens is 1. The molecule has 2 aromatic rings. The van der Waals surface area contributed by atoms with Gasteiger partial charge in [-0.15, -0.1) is 0 Å². The Hall–Kier alpha value is -1.27. The zero-order chi connectivity index (χ0) is 10.3. The Bertz CT molecular complexity index is 523. The van der Waals surface area contributed by atoms with E-state index in [4.69, 9.17) is 0 Å². The fraction of sp³-hybridized carbons (Fsp3) is 0. The minimum Gasteiger partial charge on any atom is -0.768 e. The van der Waals surface area contributed by atoms with Gasteiger partial charge in [0.2, 0.25) is 0 Å². The van der Waals surface area contributed by atoms with Crippen LogP contribution in [0.4, 0.5) is 8.78 Å². The van der Waals surface area contributed by atoms with Gasteiger partial charge < -0.3 is 9.54 Å². The zero-order valence-electron chi connectivity index (χ0n) is 6.71. The molecule has 1 aromatic heterocycles. The number of hydrogen-bond donors (Lipinski definition) is 1. The Kier molecular flexibility index (Phi) is 2.09. The van der Waals surface area contributed by atoms with Gasteiger partial charge in [-0.25, -0.2) is 8.78 Å². The SMILES string of the molecule is O=S([O-])c1c[nH]c2cc(F)cc(F)c12. The predicted molar refractivity (Wildman–Crippen MR) is 45.4 cm³/mol. The molecule has 1 unspecified atom stereocenters. The van der Waals surface area contributed by atoms with Crippen molar-refractivity contribution < 1.29 is 17.5 Å². The van der Waals surface area contributed by atoms with E-state index in [9.17, 15) is 17.5 Å². The first-order chi connectivity index (χ1) is 6.59. The van der Waals surface area contributed by atoms with Gasteiger partial charge in [-0.3, -0.25) is 4.21 Å². The topological polar surface area (TPSA) is 55.9 Å². The maximum atomic E-state index is 13.2.